The number of rotatable bonds is 3. The highest BCUT2D eigenvalue weighted by Gasteiger charge is 2.40. The van der Waals surface area contributed by atoms with Gasteiger partial charge in [0.05, 0.1) is 6.54 Å². The fourth-order valence-electron chi connectivity index (χ4n) is 0.993. The molecule has 2 atom stereocenters. The Bertz CT molecular complexity index is 268. The smallest absolute Gasteiger partial charge is 0.405 e. The van der Waals surface area contributed by atoms with E-state index in [1.165, 1.54) is 0 Å². The monoisotopic (exact) mass is 208 g/mol. The van der Waals surface area contributed by atoms with E-state index in [1.54, 1.807) is 0 Å². The number of carboxylic acid groups (broad SMARTS) is 1. The van der Waals surface area contributed by atoms with Crippen molar-refractivity contribution >= 4 is 20.0 Å². The maximum Gasteiger partial charge on any atom is 0.405 e. The van der Waals surface area contributed by atoms with Crippen LogP contribution in [0.15, 0.2) is 0 Å². The Morgan fingerprint density at radius 3 is 2.77 bits per heavy atom. The third-order valence-corrected chi connectivity index (χ3v) is 2.94. The first-order valence-electron chi connectivity index (χ1n) is 3.50. The van der Waals surface area contributed by atoms with Crippen molar-refractivity contribution in [3.8, 4) is 0 Å². The number of nitrogens with one attached hydrogen (secondary N) is 1. The topological polar surface area (TPSA) is 107 Å². The Morgan fingerprint density at radius 2 is 2.38 bits per heavy atom. The van der Waals surface area contributed by atoms with E-state index in [0.717, 1.165) is 4.67 Å². The average molecular weight is 208 g/mol. The number of amides is 2. The van der Waals surface area contributed by atoms with Crippen LogP contribution in [0.25, 0.3) is 0 Å². The summed E-state index contributed by atoms with van der Waals surface area (Å²) >= 11 is 0. The number of aliphatic hydroxyl groups is 1. The van der Waals surface area contributed by atoms with Crippen molar-refractivity contribution in [1.82, 2.24) is 9.99 Å². The van der Waals surface area contributed by atoms with Gasteiger partial charge in [0.1, 0.15) is 12.4 Å². The number of carbonyl (C=O) groups is 2. The first-order valence-corrected chi connectivity index (χ1v) is 5.07. The van der Waals surface area contributed by atoms with E-state index in [9.17, 15) is 14.2 Å². The lowest BCUT2D eigenvalue weighted by atomic mass is 10.2. The molecule has 1 heterocycles. The molecule has 0 aromatic heterocycles. The van der Waals surface area contributed by atoms with E-state index < -0.39 is 32.3 Å². The van der Waals surface area contributed by atoms with Gasteiger partial charge in [-0.2, -0.15) is 0 Å². The van der Waals surface area contributed by atoms with Gasteiger partial charge in [-0.15, -0.1) is 0 Å². The third-order valence-electron chi connectivity index (χ3n) is 1.66. The Hall–Kier alpha value is -1.07. The summed E-state index contributed by atoms with van der Waals surface area (Å²) in [7, 11) is -2.43. The molecule has 74 valence electrons. The second-order valence-corrected chi connectivity index (χ2v) is 4.15. The zero-order valence-electron chi connectivity index (χ0n) is 6.56. The summed E-state index contributed by atoms with van der Waals surface area (Å²) in [5.74, 6) is -0.541. The van der Waals surface area contributed by atoms with E-state index >= 15 is 0 Å². The van der Waals surface area contributed by atoms with Crippen LogP contribution in [-0.2, 0) is 9.36 Å². The molecule has 0 saturated carbocycles. The van der Waals surface area contributed by atoms with Crippen LogP contribution in [0.4, 0.5) is 4.79 Å². The van der Waals surface area contributed by atoms with Crippen LogP contribution in [0.1, 0.15) is 0 Å². The Balaban J connectivity index is 2.43. The molecular formula is C5H9N2O5P. The van der Waals surface area contributed by atoms with Crippen LogP contribution in [0.3, 0.4) is 0 Å². The average Bonchev–Trinajstić information content (AvgIpc) is 2.09. The number of carbonyl (C=O) groups excluding carboxylic acids is 1. The Morgan fingerprint density at radius 1 is 1.77 bits per heavy atom. The number of nitrogens with zero attached hydrogens (tertiary/aromatic N) is 1. The fourth-order valence-corrected chi connectivity index (χ4v) is 1.95. The first kappa shape index (κ1) is 10.0. The second-order valence-electron chi connectivity index (χ2n) is 2.50. The van der Waals surface area contributed by atoms with Gasteiger partial charge < -0.3 is 20.1 Å². The first-order chi connectivity index (χ1) is 6.06. The van der Waals surface area contributed by atoms with Gasteiger partial charge in [0.15, 0.2) is 7.95 Å². The van der Waals surface area contributed by atoms with E-state index in [-0.39, 0.29) is 6.54 Å². The minimum Gasteiger partial charge on any atom is -0.465 e. The zero-order chi connectivity index (χ0) is 10.0. The lowest BCUT2D eigenvalue weighted by Crippen LogP contribution is -2.61. The quantitative estimate of drug-likeness (QED) is 0.402. The van der Waals surface area contributed by atoms with Crippen LogP contribution in [0.2, 0.25) is 0 Å². The zero-order valence-corrected chi connectivity index (χ0v) is 7.56. The van der Waals surface area contributed by atoms with Gasteiger partial charge in [0.25, 0.3) is 5.91 Å². The van der Waals surface area contributed by atoms with Crippen LogP contribution >= 0.6 is 7.95 Å². The van der Waals surface area contributed by atoms with Crippen molar-refractivity contribution in [1.29, 1.82) is 0 Å². The molecule has 1 aliphatic rings. The minimum atomic E-state index is -2.43. The van der Waals surface area contributed by atoms with Crippen molar-refractivity contribution in [2.45, 2.75) is 6.04 Å². The maximum atomic E-state index is 11.0. The summed E-state index contributed by atoms with van der Waals surface area (Å²) in [6, 6.07) is -0.807. The predicted octanol–water partition coefficient (Wildman–Crippen LogP) is -1.11. The van der Waals surface area contributed by atoms with Crippen molar-refractivity contribution in [3.63, 3.8) is 0 Å². The van der Waals surface area contributed by atoms with Gasteiger partial charge in [-0.05, 0) is 0 Å². The van der Waals surface area contributed by atoms with Gasteiger partial charge in [-0.1, -0.05) is 0 Å². The molecule has 1 aliphatic heterocycles. The lowest BCUT2D eigenvalue weighted by Gasteiger charge is -2.36. The second kappa shape index (κ2) is 3.76. The molecule has 7 nitrogen and oxygen atoms in total. The number of hydrogen-bond acceptors (Lipinski definition) is 4. The fraction of sp³-hybridized carbons (Fsp3) is 0.600. The van der Waals surface area contributed by atoms with Gasteiger partial charge in [0, 0.05) is 0 Å². The van der Waals surface area contributed by atoms with E-state index in [4.69, 9.17) is 10.2 Å². The molecule has 13 heavy (non-hydrogen) atoms. The highest BCUT2D eigenvalue weighted by Crippen LogP contribution is 2.31. The molecule has 1 rings (SSSR count). The molecule has 0 aromatic carbocycles. The largest absolute Gasteiger partial charge is 0.465 e. The number of β-lactam (4-membered cyclic amide) rings is 1. The van der Waals surface area contributed by atoms with Crippen molar-refractivity contribution in [2.75, 3.05) is 12.9 Å². The molecular weight excluding hydrogens is 199 g/mol. The molecule has 1 saturated heterocycles. The summed E-state index contributed by atoms with van der Waals surface area (Å²) < 4.78 is 11.9. The van der Waals surface area contributed by atoms with Crippen LogP contribution < -0.4 is 5.32 Å². The van der Waals surface area contributed by atoms with Crippen molar-refractivity contribution in [3.05, 3.63) is 0 Å². The summed E-state index contributed by atoms with van der Waals surface area (Å²) in [5, 5.41) is 18.7. The normalized spacial score (nSPS) is 23.6. The van der Waals surface area contributed by atoms with Crippen LogP contribution in [0.5, 0.6) is 0 Å². The number of hydrogen-bond donors (Lipinski definition) is 3. The molecule has 0 spiro atoms. The van der Waals surface area contributed by atoms with Crippen LogP contribution in [0, 0.1) is 0 Å². The molecule has 1 fully saturated rings. The number of aliphatic hydroxyl groups excluding tert-OH is 1. The van der Waals surface area contributed by atoms with Crippen LogP contribution in [-0.4, -0.2) is 45.8 Å². The standard InChI is InChI=1S/C5H9N2O5P/c8-2-13(12)7-1-3(4(7)9)6-5(10)11/h3,6,8,13H,1-2H2,(H,10,11). The molecule has 0 bridgehead atoms. The van der Waals surface area contributed by atoms with E-state index in [1.807, 2.05) is 5.32 Å². The van der Waals surface area contributed by atoms with E-state index in [0.29, 0.717) is 0 Å². The summed E-state index contributed by atoms with van der Waals surface area (Å²) in [4.78, 5) is 21.1. The molecule has 2 amide bonds. The van der Waals surface area contributed by atoms with Crippen molar-refractivity contribution < 1.29 is 24.4 Å². The molecule has 2 unspecified atom stereocenters. The molecule has 0 radical (unpaired) electrons. The summed E-state index contributed by atoms with van der Waals surface area (Å²) in [5.41, 5.74) is 0. The van der Waals surface area contributed by atoms with Gasteiger partial charge in [-0.3, -0.25) is 9.46 Å². The van der Waals surface area contributed by atoms with E-state index in [2.05, 4.69) is 0 Å². The maximum absolute atomic E-state index is 11.0. The van der Waals surface area contributed by atoms with Gasteiger partial charge in [-0.25, -0.2) is 4.79 Å². The highest BCUT2D eigenvalue weighted by molar-refractivity contribution is 7.42. The molecule has 0 aromatic rings. The van der Waals surface area contributed by atoms with Gasteiger partial charge >= 0.3 is 6.09 Å². The molecule has 0 aliphatic carbocycles. The SMILES string of the molecule is O=C(O)NC1CN([PH](=O)CO)C1=O. The summed E-state index contributed by atoms with van der Waals surface area (Å²) in [6.45, 7) is 0.0729. The van der Waals surface area contributed by atoms with Crippen molar-refractivity contribution in [2.24, 2.45) is 0 Å². The predicted molar refractivity (Wildman–Crippen MR) is 42.7 cm³/mol. The lowest BCUT2D eigenvalue weighted by molar-refractivity contribution is -0.136. The molecule has 8 heteroatoms. The Labute approximate surface area is 74.2 Å². The third kappa shape index (κ3) is 1.99. The molecule has 3 N–H and O–H groups in total. The highest BCUT2D eigenvalue weighted by atomic mass is 31.1. The minimum absolute atomic E-state index is 0.0729. The summed E-state index contributed by atoms with van der Waals surface area (Å²) in [6.07, 6.45) is -1.85. The Kier molecular flexibility index (Phi) is 2.90. The van der Waals surface area contributed by atoms with Gasteiger partial charge in [0.2, 0.25) is 0 Å².